The normalized spacial score (nSPS) is 15.2. The number of carboxylic acids is 1. The first kappa shape index (κ1) is 25.0. The first-order valence-electron chi connectivity index (χ1n) is 10.7. The van der Waals surface area contributed by atoms with Crippen LogP contribution in [0.15, 0.2) is 64.1 Å². The van der Waals surface area contributed by atoms with Crippen molar-refractivity contribution in [2.45, 2.75) is 30.2 Å². The highest BCUT2D eigenvalue weighted by Crippen LogP contribution is 2.37. The highest BCUT2D eigenvalue weighted by atomic mass is 79.9. The second kappa shape index (κ2) is 10.6. The Bertz CT molecular complexity index is 1330. The summed E-state index contributed by atoms with van der Waals surface area (Å²) in [7, 11) is -2.34. The van der Waals surface area contributed by atoms with Crippen molar-refractivity contribution >= 4 is 31.9 Å². The van der Waals surface area contributed by atoms with E-state index >= 15 is 0 Å². The maximum absolute atomic E-state index is 13.2. The molecule has 1 atom stereocenters. The minimum Gasteiger partial charge on any atom is -0.497 e. The summed E-state index contributed by atoms with van der Waals surface area (Å²) in [5, 5.41) is 8.92. The zero-order valence-corrected chi connectivity index (χ0v) is 21.1. The third-order valence-electron chi connectivity index (χ3n) is 5.48. The van der Waals surface area contributed by atoms with E-state index in [4.69, 9.17) is 19.3 Å². The average molecular weight is 563 g/mol. The van der Waals surface area contributed by atoms with E-state index in [1.807, 2.05) is 6.07 Å². The maximum Gasteiger partial charge on any atom is 0.341 e. The molecule has 0 saturated carbocycles. The van der Waals surface area contributed by atoms with Crippen molar-refractivity contribution in [1.29, 1.82) is 0 Å². The highest BCUT2D eigenvalue weighted by molar-refractivity contribution is 9.10. The van der Waals surface area contributed by atoms with Crippen LogP contribution in [0.1, 0.15) is 30.0 Å². The van der Waals surface area contributed by atoms with Crippen LogP contribution in [-0.2, 0) is 21.2 Å². The fourth-order valence-electron chi connectivity index (χ4n) is 3.85. The van der Waals surface area contributed by atoms with E-state index in [0.29, 0.717) is 34.6 Å². The van der Waals surface area contributed by atoms with E-state index in [1.165, 1.54) is 12.3 Å². The number of halogens is 1. The van der Waals surface area contributed by atoms with E-state index in [-0.39, 0.29) is 10.8 Å². The van der Waals surface area contributed by atoms with Crippen LogP contribution in [0, 0.1) is 0 Å². The lowest BCUT2D eigenvalue weighted by molar-refractivity contribution is -0.139. The number of hydrogen-bond donors (Lipinski definition) is 2. The van der Waals surface area contributed by atoms with Crippen LogP contribution in [0.4, 0.5) is 0 Å². The summed E-state index contributed by atoms with van der Waals surface area (Å²) in [6, 6.07) is 13.1. The molecule has 2 aromatic carbocycles. The number of pyridine rings is 1. The molecule has 1 aromatic heterocycles. The lowest BCUT2D eigenvalue weighted by Gasteiger charge is -2.27. The van der Waals surface area contributed by atoms with Crippen LogP contribution < -0.4 is 18.9 Å². The lowest BCUT2D eigenvalue weighted by Crippen LogP contribution is -2.31. The minimum absolute atomic E-state index is 0.0168. The molecule has 184 valence electrons. The van der Waals surface area contributed by atoms with Crippen LogP contribution >= 0.6 is 15.9 Å². The summed E-state index contributed by atoms with van der Waals surface area (Å²) in [5.41, 5.74) is 1.59. The molecule has 0 fully saturated rings. The molecule has 11 heteroatoms. The fraction of sp³-hybridized carbons (Fsp3) is 0.250. The smallest absolute Gasteiger partial charge is 0.341 e. The largest absolute Gasteiger partial charge is 0.497 e. The maximum atomic E-state index is 13.2. The van der Waals surface area contributed by atoms with Crippen molar-refractivity contribution < 1.29 is 32.5 Å². The standard InChI is InChI=1S/C24H23BrN2O7S/c1-32-15-8-10-16(11-9-15)34-24-20(25)12-17(13-26-24)35(30,31)27-21-6-2-5-19-18(21)4-3-7-22(19)33-14-23(28)29/h3-4,7-13,21,27H,2,5-6,14H2,1H3,(H,28,29). The molecule has 2 N–H and O–H groups in total. The number of rotatable bonds is 9. The van der Waals surface area contributed by atoms with E-state index in [9.17, 15) is 13.2 Å². The first-order valence-corrected chi connectivity index (χ1v) is 13.0. The molecule has 0 bridgehead atoms. The Morgan fingerprint density at radius 2 is 1.94 bits per heavy atom. The second-order valence-electron chi connectivity index (χ2n) is 7.81. The number of carbonyl (C=O) groups is 1. The fourth-order valence-corrected chi connectivity index (χ4v) is 5.65. The first-order chi connectivity index (χ1) is 16.8. The minimum atomic E-state index is -3.91. The van der Waals surface area contributed by atoms with Gasteiger partial charge in [0.05, 0.1) is 17.8 Å². The Kier molecular flexibility index (Phi) is 7.58. The number of aromatic nitrogens is 1. The summed E-state index contributed by atoms with van der Waals surface area (Å²) in [5.74, 6) is 0.804. The Morgan fingerprint density at radius 1 is 1.20 bits per heavy atom. The zero-order chi connectivity index (χ0) is 25.0. The van der Waals surface area contributed by atoms with Gasteiger partial charge in [-0.2, -0.15) is 0 Å². The van der Waals surface area contributed by atoms with E-state index in [2.05, 4.69) is 25.6 Å². The monoisotopic (exact) mass is 562 g/mol. The Labute approximate surface area is 211 Å². The van der Waals surface area contributed by atoms with Gasteiger partial charge in [-0.05, 0) is 82.7 Å². The molecule has 35 heavy (non-hydrogen) atoms. The number of sulfonamides is 1. The summed E-state index contributed by atoms with van der Waals surface area (Å²) in [6.07, 6.45) is 3.24. The predicted molar refractivity (Wildman–Crippen MR) is 131 cm³/mol. The quantitative estimate of drug-likeness (QED) is 0.391. The van der Waals surface area contributed by atoms with Crippen molar-refractivity contribution in [2.24, 2.45) is 0 Å². The summed E-state index contributed by atoms with van der Waals surface area (Å²) in [4.78, 5) is 15.1. The van der Waals surface area contributed by atoms with Crippen molar-refractivity contribution in [1.82, 2.24) is 9.71 Å². The second-order valence-corrected chi connectivity index (χ2v) is 10.4. The van der Waals surface area contributed by atoms with E-state index in [0.717, 1.165) is 17.5 Å². The molecular weight excluding hydrogens is 540 g/mol. The molecule has 1 heterocycles. The summed E-state index contributed by atoms with van der Waals surface area (Å²) in [6.45, 7) is -0.461. The number of hydrogen-bond acceptors (Lipinski definition) is 7. The van der Waals surface area contributed by atoms with Crippen LogP contribution in [0.25, 0.3) is 0 Å². The van der Waals surface area contributed by atoms with Crippen LogP contribution in [0.3, 0.4) is 0 Å². The van der Waals surface area contributed by atoms with E-state index < -0.39 is 28.6 Å². The van der Waals surface area contributed by atoms with Gasteiger partial charge in [-0.15, -0.1) is 0 Å². The van der Waals surface area contributed by atoms with Gasteiger partial charge in [0.2, 0.25) is 15.9 Å². The van der Waals surface area contributed by atoms with Crippen molar-refractivity contribution in [3.63, 3.8) is 0 Å². The third-order valence-corrected chi connectivity index (χ3v) is 7.49. The van der Waals surface area contributed by atoms with Gasteiger partial charge in [-0.1, -0.05) is 12.1 Å². The number of methoxy groups -OCH3 is 1. The van der Waals surface area contributed by atoms with Crippen molar-refractivity contribution in [3.8, 4) is 23.1 Å². The number of nitrogens with zero attached hydrogens (tertiary/aromatic N) is 1. The Hall–Kier alpha value is -3.15. The number of ether oxygens (including phenoxy) is 3. The number of nitrogens with one attached hydrogen (secondary N) is 1. The average Bonchev–Trinajstić information content (AvgIpc) is 2.84. The molecule has 0 radical (unpaired) electrons. The van der Waals surface area contributed by atoms with Gasteiger partial charge < -0.3 is 19.3 Å². The Morgan fingerprint density at radius 3 is 2.63 bits per heavy atom. The summed E-state index contributed by atoms with van der Waals surface area (Å²) >= 11 is 3.35. The van der Waals surface area contributed by atoms with Crippen LogP contribution in [0.2, 0.25) is 0 Å². The highest BCUT2D eigenvalue weighted by Gasteiger charge is 2.28. The van der Waals surface area contributed by atoms with Crippen molar-refractivity contribution in [3.05, 3.63) is 70.3 Å². The van der Waals surface area contributed by atoms with Gasteiger partial charge in [0.1, 0.15) is 22.1 Å². The molecule has 9 nitrogen and oxygen atoms in total. The lowest BCUT2D eigenvalue weighted by atomic mass is 9.87. The SMILES string of the molecule is COc1ccc(Oc2ncc(S(=O)(=O)NC3CCCc4c(OCC(=O)O)cccc43)cc2Br)cc1. The number of aliphatic carboxylic acids is 1. The molecule has 1 aliphatic rings. The molecule has 0 aliphatic heterocycles. The Balaban J connectivity index is 1.52. The van der Waals surface area contributed by atoms with E-state index in [1.54, 1.807) is 43.5 Å². The third kappa shape index (κ3) is 5.92. The van der Waals surface area contributed by atoms with Gasteiger partial charge in [-0.25, -0.2) is 22.9 Å². The van der Waals surface area contributed by atoms with Gasteiger partial charge >= 0.3 is 5.97 Å². The van der Waals surface area contributed by atoms with Crippen molar-refractivity contribution in [2.75, 3.05) is 13.7 Å². The zero-order valence-electron chi connectivity index (χ0n) is 18.7. The molecule has 0 saturated heterocycles. The topological polar surface area (TPSA) is 124 Å². The molecule has 0 spiro atoms. The van der Waals surface area contributed by atoms with Crippen LogP contribution in [0.5, 0.6) is 23.1 Å². The number of carboxylic acid groups (broad SMARTS) is 1. The molecule has 4 rings (SSSR count). The predicted octanol–water partition coefficient (Wildman–Crippen LogP) is 4.46. The number of fused-ring (bicyclic) bond motifs is 1. The van der Waals surface area contributed by atoms with Gasteiger partial charge in [-0.3, -0.25) is 0 Å². The van der Waals surface area contributed by atoms with Gasteiger partial charge in [0.25, 0.3) is 0 Å². The summed E-state index contributed by atoms with van der Waals surface area (Å²) < 4.78 is 45.7. The molecule has 1 aliphatic carbocycles. The molecular formula is C24H23BrN2O7S. The van der Waals surface area contributed by atoms with Crippen LogP contribution in [-0.4, -0.2) is 38.2 Å². The number of benzene rings is 2. The van der Waals surface area contributed by atoms with Gasteiger partial charge in [0, 0.05) is 6.04 Å². The molecule has 1 unspecified atom stereocenters. The molecule has 3 aromatic rings. The van der Waals surface area contributed by atoms with Gasteiger partial charge in [0.15, 0.2) is 6.61 Å². The molecule has 0 amide bonds.